The first kappa shape index (κ1) is 21.5. The van der Waals surface area contributed by atoms with Crippen molar-refractivity contribution in [2.24, 2.45) is 0 Å². The lowest BCUT2D eigenvalue weighted by atomic mass is 10.1. The average Bonchev–Trinajstić information content (AvgIpc) is 2.42. The zero-order valence-electron chi connectivity index (χ0n) is 13.5. The predicted molar refractivity (Wildman–Crippen MR) is 91.8 cm³/mol. The third-order valence-electron chi connectivity index (χ3n) is 3.33. The summed E-state index contributed by atoms with van der Waals surface area (Å²) in [7, 11) is -4.26. The van der Waals surface area contributed by atoms with E-state index in [0.29, 0.717) is 6.42 Å². The van der Waals surface area contributed by atoms with Crippen LogP contribution in [0.5, 0.6) is 0 Å². The number of thioether (sulfide) groups is 1. The summed E-state index contributed by atoms with van der Waals surface area (Å²) in [4.78, 5) is 17.0. The normalized spacial score (nSPS) is 12.0. The van der Waals surface area contributed by atoms with Crippen molar-refractivity contribution in [1.82, 2.24) is 0 Å². The summed E-state index contributed by atoms with van der Waals surface area (Å²) < 4.78 is 14.8. The molecular weight excluding hydrogens is 307 g/mol. The molecule has 21 heavy (non-hydrogen) atoms. The van der Waals surface area contributed by atoms with Crippen molar-refractivity contribution < 1.29 is 18.9 Å². The molecule has 0 bridgehead atoms. The summed E-state index contributed by atoms with van der Waals surface area (Å²) in [5.41, 5.74) is 0. The molecule has 0 radical (unpaired) electrons. The zero-order chi connectivity index (χ0) is 15.8. The van der Waals surface area contributed by atoms with E-state index in [2.05, 4.69) is 11.4 Å². The first-order chi connectivity index (χ1) is 10.1. The van der Waals surface area contributed by atoms with Crippen molar-refractivity contribution in [3.8, 4) is 0 Å². The monoisotopic (exact) mass is 340 g/mol. The van der Waals surface area contributed by atoms with Gasteiger partial charge in [0.15, 0.2) is 0 Å². The topological polar surface area (TPSA) is 66.8 Å². The second-order valence-corrected chi connectivity index (χ2v) is 7.94. The van der Waals surface area contributed by atoms with Gasteiger partial charge in [-0.05, 0) is 24.3 Å². The van der Waals surface area contributed by atoms with Crippen LogP contribution in [0.1, 0.15) is 77.6 Å². The fourth-order valence-corrected chi connectivity index (χ4v) is 3.44. The quantitative estimate of drug-likeness (QED) is 0.301. The van der Waals surface area contributed by atoms with Crippen LogP contribution in [0.25, 0.3) is 0 Å². The van der Waals surface area contributed by atoms with E-state index in [1.165, 1.54) is 64.2 Å². The maximum atomic E-state index is 10.4. The third kappa shape index (κ3) is 20.5. The summed E-state index contributed by atoms with van der Waals surface area (Å²) in [6.45, 7) is 2.40. The first-order valence-electron chi connectivity index (χ1n) is 8.34. The van der Waals surface area contributed by atoms with E-state index in [9.17, 15) is 4.57 Å². The molecule has 4 nitrogen and oxygen atoms in total. The van der Waals surface area contributed by atoms with Crippen LogP contribution in [0.4, 0.5) is 0 Å². The van der Waals surface area contributed by atoms with Gasteiger partial charge in [0.2, 0.25) is 0 Å². The van der Waals surface area contributed by atoms with Gasteiger partial charge in [0, 0.05) is 0 Å². The number of phosphoric acid groups is 1. The summed E-state index contributed by atoms with van der Waals surface area (Å²) in [5.74, 6) is 2.06. The lowest BCUT2D eigenvalue weighted by Gasteiger charge is -2.05. The van der Waals surface area contributed by atoms with Gasteiger partial charge in [-0.25, -0.2) is 4.57 Å². The Balaban J connectivity index is 3.01. The molecule has 0 heterocycles. The molecule has 0 saturated carbocycles. The Kier molecular flexibility index (Phi) is 15.7. The number of phosphoric ester groups is 1. The third-order valence-corrected chi connectivity index (χ3v) is 5.01. The van der Waals surface area contributed by atoms with Crippen LogP contribution >= 0.6 is 19.6 Å². The maximum absolute atomic E-state index is 10.4. The number of rotatable bonds is 16. The van der Waals surface area contributed by atoms with Gasteiger partial charge in [-0.3, -0.25) is 4.52 Å². The molecule has 0 spiro atoms. The van der Waals surface area contributed by atoms with Gasteiger partial charge in [0.25, 0.3) is 0 Å². The van der Waals surface area contributed by atoms with E-state index in [-0.39, 0.29) is 6.61 Å². The van der Waals surface area contributed by atoms with E-state index in [1.54, 1.807) is 0 Å². The molecule has 128 valence electrons. The molecular formula is C15H33O4PS. The highest BCUT2D eigenvalue weighted by atomic mass is 32.2. The summed E-state index contributed by atoms with van der Waals surface area (Å²) in [6.07, 6.45) is 14.3. The molecule has 0 unspecified atom stereocenters. The van der Waals surface area contributed by atoms with Crippen molar-refractivity contribution in [3.63, 3.8) is 0 Å². The SMILES string of the molecule is CCCCCCCCCCCCSCCCOP(=O)(O)O. The van der Waals surface area contributed by atoms with Crippen LogP contribution in [-0.4, -0.2) is 27.9 Å². The van der Waals surface area contributed by atoms with E-state index >= 15 is 0 Å². The van der Waals surface area contributed by atoms with E-state index < -0.39 is 7.82 Å². The number of hydrogen-bond acceptors (Lipinski definition) is 3. The molecule has 0 aliphatic heterocycles. The highest BCUT2D eigenvalue weighted by molar-refractivity contribution is 7.99. The van der Waals surface area contributed by atoms with Gasteiger partial charge in [0.05, 0.1) is 6.61 Å². The molecule has 0 aliphatic rings. The van der Waals surface area contributed by atoms with Crippen LogP contribution in [0.3, 0.4) is 0 Å². The lowest BCUT2D eigenvalue weighted by molar-refractivity contribution is 0.198. The minimum Gasteiger partial charge on any atom is -0.303 e. The highest BCUT2D eigenvalue weighted by Crippen LogP contribution is 2.35. The van der Waals surface area contributed by atoms with Gasteiger partial charge >= 0.3 is 7.82 Å². The number of hydrogen-bond donors (Lipinski definition) is 2. The summed E-state index contributed by atoms with van der Waals surface area (Å²) >= 11 is 1.85. The highest BCUT2D eigenvalue weighted by Gasteiger charge is 2.12. The van der Waals surface area contributed by atoms with Crippen molar-refractivity contribution in [3.05, 3.63) is 0 Å². The molecule has 2 N–H and O–H groups in total. The van der Waals surface area contributed by atoms with Crippen molar-refractivity contribution in [2.45, 2.75) is 77.6 Å². The number of unbranched alkanes of at least 4 members (excludes halogenated alkanes) is 9. The van der Waals surface area contributed by atoms with Crippen molar-refractivity contribution >= 4 is 19.6 Å². The van der Waals surface area contributed by atoms with Gasteiger partial charge < -0.3 is 9.79 Å². The molecule has 0 fully saturated rings. The van der Waals surface area contributed by atoms with Crippen LogP contribution < -0.4 is 0 Å². The smallest absolute Gasteiger partial charge is 0.303 e. The Morgan fingerprint density at radius 1 is 0.810 bits per heavy atom. The average molecular weight is 340 g/mol. The van der Waals surface area contributed by atoms with E-state index in [1.807, 2.05) is 11.8 Å². The Morgan fingerprint density at radius 2 is 1.29 bits per heavy atom. The minimum absolute atomic E-state index is 0.148. The van der Waals surface area contributed by atoms with Gasteiger partial charge in [-0.2, -0.15) is 11.8 Å². The molecule has 0 atom stereocenters. The summed E-state index contributed by atoms with van der Waals surface area (Å²) in [6, 6.07) is 0. The predicted octanol–water partition coefficient (Wildman–Crippen LogP) is 5.14. The second-order valence-electron chi connectivity index (χ2n) is 5.47. The molecule has 0 rings (SSSR count). The second kappa shape index (κ2) is 15.4. The summed E-state index contributed by atoms with van der Waals surface area (Å²) in [5, 5.41) is 0. The molecule has 0 aromatic rings. The Labute approximate surface area is 134 Å². The van der Waals surface area contributed by atoms with Crippen molar-refractivity contribution in [1.29, 1.82) is 0 Å². The van der Waals surface area contributed by atoms with Gasteiger partial charge in [-0.1, -0.05) is 64.7 Å². The van der Waals surface area contributed by atoms with Gasteiger partial charge in [0.1, 0.15) is 0 Å². The Hall–Kier alpha value is 0.460. The van der Waals surface area contributed by atoms with Gasteiger partial charge in [-0.15, -0.1) is 0 Å². The molecule has 0 aromatic heterocycles. The van der Waals surface area contributed by atoms with Crippen LogP contribution in [-0.2, 0) is 9.09 Å². The fraction of sp³-hybridized carbons (Fsp3) is 1.00. The van der Waals surface area contributed by atoms with Crippen LogP contribution in [0.2, 0.25) is 0 Å². The molecule has 6 heteroatoms. The molecule has 0 aromatic carbocycles. The zero-order valence-corrected chi connectivity index (χ0v) is 15.2. The van der Waals surface area contributed by atoms with E-state index in [4.69, 9.17) is 9.79 Å². The Morgan fingerprint density at radius 3 is 1.81 bits per heavy atom. The molecule has 0 saturated heterocycles. The minimum atomic E-state index is -4.26. The van der Waals surface area contributed by atoms with Crippen LogP contribution in [0, 0.1) is 0 Å². The van der Waals surface area contributed by atoms with Crippen LogP contribution in [0.15, 0.2) is 0 Å². The first-order valence-corrected chi connectivity index (χ1v) is 11.0. The van der Waals surface area contributed by atoms with E-state index in [0.717, 1.165) is 11.5 Å². The fourth-order valence-electron chi connectivity index (χ4n) is 2.14. The Bertz CT molecular complexity index is 258. The molecule has 0 aliphatic carbocycles. The largest absolute Gasteiger partial charge is 0.469 e. The standard InChI is InChI=1S/C15H33O4PS/c1-2-3-4-5-6-7-8-9-10-11-14-21-15-12-13-19-20(16,17)18/h2-15H2,1H3,(H2,16,17,18). The molecule has 0 amide bonds. The van der Waals surface area contributed by atoms with Crippen molar-refractivity contribution in [2.75, 3.05) is 18.1 Å². The lowest BCUT2D eigenvalue weighted by Crippen LogP contribution is -1.94. The maximum Gasteiger partial charge on any atom is 0.469 e.